The predicted molar refractivity (Wildman–Crippen MR) is 187 cm³/mol. The van der Waals surface area contributed by atoms with Gasteiger partial charge in [0, 0.05) is 57.7 Å². The van der Waals surface area contributed by atoms with E-state index >= 15 is 0 Å². The predicted octanol–water partition coefficient (Wildman–Crippen LogP) is 9.93. The lowest BCUT2D eigenvalue weighted by molar-refractivity contribution is 0.315. The highest BCUT2D eigenvalue weighted by Crippen LogP contribution is 2.25. The topological polar surface area (TPSA) is 53.1 Å². The maximum absolute atomic E-state index is 6.09. The second kappa shape index (κ2) is 20.2. The first kappa shape index (κ1) is 37.3. The van der Waals surface area contributed by atoms with E-state index in [1.807, 2.05) is 60.9 Å². The van der Waals surface area contributed by atoms with Crippen LogP contribution in [0.2, 0.25) is 10.0 Å². The Balaban J connectivity index is 0.00000280. The van der Waals surface area contributed by atoms with Crippen LogP contribution in [-0.2, 0) is 0 Å². The van der Waals surface area contributed by atoms with E-state index in [4.69, 9.17) is 23.2 Å². The summed E-state index contributed by atoms with van der Waals surface area (Å²) in [7, 11) is 2.25. The monoisotopic (exact) mass is 659 g/mol. The molecule has 2 aromatic heterocycles. The summed E-state index contributed by atoms with van der Waals surface area (Å²) in [5, 5.41) is 10.8. The number of fused-ring (bicyclic) bond motifs is 2. The molecule has 0 aliphatic heterocycles. The molecule has 0 unspecified atom stereocenters. The Morgan fingerprint density at radius 1 is 0.585 bits per heavy atom. The molecule has 0 saturated carbocycles. The van der Waals surface area contributed by atoms with Crippen molar-refractivity contribution in [3.05, 3.63) is 71.0 Å². The van der Waals surface area contributed by atoms with Crippen LogP contribution < -0.4 is 10.6 Å². The summed E-state index contributed by atoms with van der Waals surface area (Å²) in [4.78, 5) is 11.3. The zero-order valence-corrected chi connectivity index (χ0v) is 27.5. The van der Waals surface area contributed by atoms with Gasteiger partial charge in [-0.25, -0.2) is 0 Å². The maximum atomic E-state index is 6.09. The van der Waals surface area contributed by atoms with Gasteiger partial charge in [-0.15, -0.1) is 37.2 Å². The zero-order valence-electron chi connectivity index (χ0n) is 23.6. The Morgan fingerprint density at radius 2 is 1.00 bits per heavy atom. The number of pyridine rings is 2. The lowest BCUT2D eigenvalue weighted by Crippen LogP contribution is -2.21. The van der Waals surface area contributed by atoms with E-state index in [-0.39, 0.29) is 37.2 Å². The van der Waals surface area contributed by atoms with Gasteiger partial charge in [0.15, 0.2) is 0 Å². The standard InChI is InChI=1S/C31H39Cl2N5.3ClH/c1-38(20-8-4-2-6-16-34-28-14-18-36-30-22-24(32)10-12-26(28)30)21-9-5-3-7-17-35-29-15-19-37-31-23-25(33)11-13-27(29)31;;;/h10-15,18-19,22-23H,2-9,16-17,20-21H2,1H3,(H,34,36)(H,35,37);3*1H. The van der Waals surface area contributed by atoms with Crippen LogP contribution in [0.4, 0.5) is 11.4 Å². The number of unbranched alkanes of at least 4 members (excludes halogenated alkanes) is 6. The minimum Gasteiger partial charge on any atom is -0.384 e. The summed E-state index contributed by atoms with van der Waals surface area (Å²) in [6.45, 7) is 4.34. The molecular weight excluding hydrogens is 620 g/mol. The Morgan fingerprint density at radius 3 is 1.44 bits per heavy atom. The van der Waals surface area contributed by atoms with Gasteiger partial charge in [-0.1, -0.05) is 48.9 Å². The van der Waals surface area contributed by atoms with Crippen LogP contribution in [0.15, 0.2) is 60.9 Å². The number of hydrogen-bond acceptors (Lipinski definition) is 5. The Bertz CT molecular complexity index is 1210. The van der Waals surface area contributed by atoms with Gasteiger partial charge in [0.25, 0.3) is 0 Å². The van der Waals surface area contributed by atoms with Crippen LogP contribution in [0, 0.1) is 0 Å². The lowest BCUT2D eigenvalue weighted by Gasteiger charge is -2.16. The molecule has 0 spiro atoms. The summed E-state index contributed by atoms with van der Waals surface area (Å²) in [6.07, 6.45) is 13.6. The third-order valence-electron chi connectivity index (χ3n) is 6.97. The second-order valence-corrected chi connectivity index (χ2v) is 10.9. The average Bonchev–Trinajstić information content (AvgIpc) is 2.91. The maximum Gasteiger partial charge on any atom is 0.0737 e. The zero-order chi connectivity index (χ0) is 26.6. The number of nitrogens with zero attached hydrogens (tertiary/aromatic N) is 3. The molecule has 0 fully saturated rings. The van der Waals surface area contributed by atoms with Crippen molar-refractivity contribution < 1.29 is 0 Å². The molecule has 10 heteroatoms. The van der Waals surface area contributed by atoms with Gasteiger partial charge in [-0.2, -0.15) is 0 Å². The number of halogens is 5. The van der Waals surface area contributed by atoms with Gasteiger partial charge in [-0.05, 0) is 94.4 Å². The Kier molecular flexibility index (Phi) is 18.4. The molecule has 2 N–H and O–H groups in total. The van der Waals surface area contributed by atoms with E-state index in [0.717, 1.165) is 56.3 Å². The van der Waals surface area contributed by atoms with Crippen molar-refractivity contribution in [2.75, 3.05) is 43.9 Å². The summed E-state index contributed by atoms with van der Waals surface area (Å²) in [5.74, 6) is 0. The third kappa shape index (κ3) is 12.2. The number of rotatable bonds is 16. The van der Waals surface area contributed by atoms with Crippen molar-refractivity contribution in [3.63, 3.8) is 0 Å². The highest BCUT2D eigenvalue weighted by Gasteiger charge is 2.04. The fourth-order valence-corrected chi connectivity index (χ4v) is 5.16. The molecule has 5 nitrogen and oxygen atoms in total. The minimum atomic E-state index is 0. The Hall–Kier alpha value is -1.73. The van der Waals surface area contributed by atoms with E-state index < -0.39 is 0 Å². The van der Waals surface area contributed by atoms with E-state index in [1.54, 1.807) is 0 Å². The fourth-order valence-electron chi connectivity index (χ4n) is 4.83. The molecular formula is C31H42Cl5N5. The molecule has 0 aliphatic rings. The molecule has 0 aliphatic carbocycles. The van der Waals surface area contributed by atoms with Crippen molar-refractivity contribution in [1.82, 2.24) is 14.9 Å². The van der Waals surface area contributed by atoms with Crippen molar-refractivity contribution in [3.8, 4) is 0 Å². The quantitative estimate of drug-likeness (QED) is 0.117. The molecule has 0 atom stereocenters. The number of hydrogen-bond donors (Lipinski definition) is 2. The first-order chi connectivity index (χ1) is 18.6. The summed E-state index contributed by atoms with van der Waals surface area (Å²) in [6, 6.07) is 15.8. The molecule has 4 rings (SSSR count). The van der Waals surface area contributed by atoms with Crippen molar-refractivity contribution in [2.45, 2.75) is 51.4 Å². The smallest absolute Gasteiger partial charge is 0.0737 e. The fraction of sp³-hybridized carbons (Fsp3) is 0.419. The van der Waals surface area contributed by atoms with Crippen LogP contribution in [0.5, 0.6) is 0 Å². The van der Waals surface area contributed by atoms with E-state index in [2.05, 4.69) is 32.5 Å². The lowest BCUT2D eigenvalue weighted by atomic mass is 10.1. The molecule has 0 bridgehead atoms. The van der Waals surface area contributed by atoms with Gasteiger partial charge in [-0.3, -0.25) is 9.97 Å². The summed E-state index contributed by atoms with van der Waals surface area (Å²) < 4.78 is 0. The van der Waals surface area contributed by atoms with Gasteiger partial charge in [0.2, 0.25) is 0 Å². The second-order valence-electron chi connectivity index (χ2n) is 10.0. The number of nitrogens with one attached hydrogen (secondary N) is 2. The van der Waals surface area contributed by atoms with Crippen LogP contribution >= 0.6 is 60.4 Å². The minimum absolute atomic E-state index is 0. The number of aromatic nitrogens is 2. The number of benzene rings is 2. The van der Waals surface area contributed by atoms with E-state index in [1.165, 1.54) is 64.5 Å². The number of anilines is 2. The van der Waals surface area contributed by atoms with Gasteiger partial charge < -0.3 is 15.5 Å². The van der Waals surface area contributed by atoms with Crippen LogP contribution in [-0.4, -0.2) is 48.1 Å². The molecule has 41 heavy (non-hydrogen) atoms. The molecule has 0 saturated heterocycles. The third-order valence-corrected chi connectivity index (χ3v) is 7.44. The molecule has 2 aromatic carbocycles. The van der Waals surface area contributed by atoms with E-state index in [0.29, 0.717) is 0 Å². The summed E-state index contributed by atoms with van der Waals surface area (Å²) >= 11 is 12.2. The molecule has 0 amide bonds. The molecule has 226 valence electrons. The van der Waals surface area contributed by atoms with Crippen LogP contribution in [0.1, 0.15) is 51.4 Å². The highest BCUT2D eigenvalue weighted by atomic mass is 35.5. The van der Waals surface area contributed by atoms with Gasteiger partial charge in [0.1, 0.15) is 0 Å². The van der Waals surface area contributed by atoms with Crippen molar-refractivity contribution >= 4 is 93.6 Å². The van der Waals surface area contributed by atoms with Gasteiger partial charge in [0.05, 0.1) is 11.0 Å². The normalized spacial score (nSPS) is 10.6. The summed E-state index contributed by atoms with van der Waals surface area (Å²) in [5.41, 5.74) is 4.15. The molecule has 4 aromatic rings. The average molecular weight is 662 g/mol. The first-order valence-corrected chi connectivity index (χ1v) is 14.6. The molecule has 0 radical (unpaired) electrons. The van der Waals surface area contributed by atoms with Gasteiger partial charge >= 0.3 is 0 Å². The van der Waals surface area contributed by atoms with Crippen LogP contribution in [0.25, 0.3) is 21.8 Å². The van der Waals surface area contributed by atoms with Crippen molar-refractivity contribution in [2.24, 2.45) is 0 Å². The molecule has 2 heterocycles. The Labute approximate surface area is 273 Å². The van der Waals surface area contributed by atoms with Crippen molar-refractivity contribution in [1.29, 1.82) is 0 Å². The highest BCUT2D eigenvalue weighted by molar-refractivity contribution is 6.31. The largest absolute Gasteiger partial charge is 0.384 e. The van der Waals surface area contributed by atoms with E-state index in [9.17, 15) is 0 Å². The van der Waals surface area contributed by atoms with Crippen LogP contribution in [0.3, 0.4) is 0 Å². The SMILES string of the molecule is CN(CCCCCCNc1ccnc2cc(Cl)ccc12)CCCCCCNc1ccnc2cc(Cl)ccc12.Cl.Cl.Cl. The first-order valence-electron chi connectivity index (χ1n) is 13.8.